The van der Waals surface area contributed by atoms with E-state index in [9.17, 15) is 4.39 Å². The van der Waals surface area contributed by atoms with E-state index in [1.807, 2.05) is 0 Å². The zero-order valence-electron chi connectivity index (χ0n) is 9.44. The number of hydrogen-bond donors (Lipinski definition) is 2. The summed E-state index contributed by atoms with van der Waals surface area (Å²) in [5, 5.41) is 2.93. The van der Waals surface area contributed by atoms with Crippen molar-refractivity contribution in [2.45, 2.75) is 13.5 Å². The summed E-state index contributed by atoms with van der Waals surface area (Å²) in [5.74, 6) is 0.154. The van der Waals surface area contributed by atoms with Crippen molar-refractivity contribution < 1.29 is 4.39 Å². The largest absolute Gasteiger partial charge is 0.325 e. The molecule has 4 nitrogen and oxygen atoms in total. The van der Waals surface area contributed by atoms with Crippen molar-refractivity contribution in [2.24, 2.45) is 5.73 Å². The van der Waals surface area contributed by atoms with Gasteiger partial charge >= 0.3 is 0 Å². The third-order valence-corrected chi connectivity index (χ3v) is 2.35. The Kier molecular flexibility index (Phi) is 3.30. The predicted molar refractivity (Wildman–Crippen MR) is 64.3 cm³/mol. The monoisotopic (exact) mass is 232 g/mol. The smallest absolute Gasteiger partial charge is 0.227 e. The molecule has 17 heavy (non-hydrogen) atoms. The Morgan fingerprint density at radius 2 is 2.18 bits per heavy atom. The second kappa shape index (κ2) is 4.88. The van der Waals surface area contributed by atoms with Crippen molar-refractivity contribution in [1.82, 2.24) is 9.97 Å². The highest BCUT2D eigenvalue weighted by atomic mass is 19.1. The lowest BCUT2D eigenvalue weighted by molar-refractivity contribution is 0.619. The van der Waals surface area contributed by atoms with Gasteiger partial charge in [-0.1, -0.05) is 6.07 Å². The Balaban J connectivity index is 2.22. The van der Waals surface area contributed by atoms with Crippen molar-refractivity contribution >= 4 is 11.6 Å². The number of benzene rings is 1. The van der Waals surface area contributed by atoms with Gasteiger partial charge in [0.15, 0.2) is 0 Å². The summed E-state index contributed by atoms with van der Waals surface area (Å²) in [4.78, 5) is 8.20. The number of aryl methyl sites for hydroxylation is 1. The second-order valence-electron chi connectivity index (χ2n) is 3.66. The fourth-order valence-corrected chi connectivity index (χ4v) is 1.37. The van der Waals surface area contributed by atoms with Crippen LogP contribution in [0.3, 0.4) is 0 Å². The summed E-state index contributed by atoms with van der Waals surface area (Å²) in [6, 6.07) is 6.62. The third-order valence-electron chi connectivity index (χ3n) is 2.35. The van der Waals surface area contributed by atoms with Crippen LogP contribution in [0.1, 0.15) is 11.3 Å². The fraction of sp³-hybridized carbons (Fsp3) is 0.167. The lowest BCUT2D eigenvalue weighted by Crippen LogP contribution is -2.04. The molecule has 1 heterocycles. The SMILES string of the molecule is Cc1ccc(Nc2nccc(CN)n2)cc1F. The number of rotatable bonds is 3. The van der Waals surface area contributed by atoms with Gasteiger partial charge in [0.2, 0.25) is 5.95 Å². The standard InChI is InChI=1S/C12H13FN4/c1-8-2-3-9(6-11(8)13)16-12-15-5-4-10(7-14)17-12/h2-6H,7,14H2,1H3,(H,15,16,17). The number of anilines is 2. The molecule has 0 aliphatic heterocycles. The highest BCUT2D eigenvalue weighted by Crippen LogP contribution is 2.16. The van der Waals surface area contributed by atoms with Gasteiger partial charge in [0.1, 0.15) is 5.82 Å². The van der Waals surface area contributed by atoms with Crippen LogP contribution < -0.4 is 11.1 Å². The molecule has 0 bridgehead atoms. The van der Waals surface area contributed by atoms with E-state index in [0.717, 1.165) is 5.69 Å². The maximum Gasteiger partial charge on any atom is 0.227 e. The Labute approximate surface area is 98.7 Å². The van der Waals surface area contributed by atoms with Crippen LogP contribution in [0.2, 0.25) is 0 Å². The lowest BCUT2D eigenvalue weighted by atomic mass is 10.2. The predicted octanol–water partition coefficient (Wildman–Crippen LogP) is 2.13. The van der Waals surface area contributed by atoms with E-state index in [4.69, 9.17) is 5.73 Å². The molecule has 0 fully saturated rings. The van der Waals surface area contributed by atoms with E-state index in [1.54, 1.807) is 31.3 Å². The lowest BCUT2D eigenvalue weighted by Gasteiger charge is -2.06. The number of halogens is 1. The van der Waals surface area contributed by atoms with Gasteiger partial charge in [0, 0.05) is 18.4 Å². The molecule has 0 aliphatic rings. The molecule has 88 valence electrons. The molecule has 5 heteroatoms. The first-order valence-corrected chi connectivity index (χ1v) is 5.24. The topological polar surface area (TPSA) is 63.8 Å². The van der Waals surface area contributed by atoms with E-state index < -0.39 is 0 Å². The van der Waals surface area contributed by atoms with E-state index >= 15 is 0 Å². The summed E-state index contributed by atoms with van der Waals surface area (Å²) >= 11 is 0. The van der Waals surface area contributed by atoms with E-state index in [2.05, 4.69) is 15.3 Å². The Bertz CT molecular complexity index is 528. The van der Waals surface area contributed by atoms with Crippen LogP contribution >= 0.6 is 0 Å². The van der Waals surface area contributed by atoms with E-state index in [0.29, 0.717) is 23.7 Å². The van der Waals surface area contributed by atoms with Crippen molar-refractivity contribution in [2.75, 3.05) is 5.32 Å². The molecule has 2 rings (SSSR count). The van der Waals surface area contributed by atoms with Gasteiger partial charge in [-0.15, -0.1) is 0 Å². The highest BCUT2D eigenvalue weighted by Gasteiger charge is 2.02. The highest BCUT2D eigenvalue weighted by molar-refractivity contribution is 5.53. The summed E-state index contributed by atoms with van der Waals surface area (Å²) < 4.78 is 13.3. The number of nitrogens with zero attached hydrogens (tertiary/aromatic N) is 2. The number of aromatic nitrogens is 2. The van der Waals surface area contributed by atoms with Crippen LogP contribution in [0.15, 0.2) is 30.5 Å². The normalized spacial score (nSPS) is 10.3. The maximum absolute atomic E-state index is 13.3. The quantitative estimate of drug-likeness (QED) is 0.850. The summed E-state index contributed by atoms with van der Waals surface area (Å²) in [6.07, 6.45) is 1.61. The molecule has 0 atom stereocenters. The van der Waals surface area contributed by atoms with Crippen molar-refractivity contribution in [1.29, 1.82) is 0 Å². The Morgan fingerprint density at radius 3 is 2.88 bits per heavy atom. The van der Waals surface area contributed by atoms with Gasteiger partial charge in [-0.2, -0.15) is 0 Å². The van der Waals surface area contributed by atoms with Gasteiger partial charge in [0.25, 0.3) is 0 Å². The molecule has 0 saturated carbocycles. The fourth-order valence-electron chi connectivity index (χ4n) is 1.37. The first kappa shape index (κ1) is 11.5. The average Bonchev–Trinajstić information content (AvgIpc) is 2.34. The molecule has 1 aromatic heterocycles. The molecule has 0 radical (unpaired) electrons. The van der Waals surface area contributed by atoms with Gasteiger partial charge in [0.05, 0.1) is 5.69 Å². The minimum Gasteiger partial charge on any atom is -0.325 e. The van der Waals surface area contributed by atoms with Crippen LogP contribution in [0, 0.1) is 12.7 Å². The zero-order chi connectivity index (χ0) is 12.3. The van der Waals surface area contributed by atoms with Crippen LogP contribution in [0.25, 0.3) is 0 Å². The number of nitrogens with two attached hydrogens (primary N) is 1. The van der Waals surface area contributed by atoms with Crippen molar-refractivity contribution in [3.63, 3.8) is 0 Å². The molecular weight excluding hydrogens is 219 g/mol. The molecule has 2 aromatic rings. The Hall–Kier alpha value is -2.01. The zero-order valence-corrected chi connectivity index (χ0v) is 9.44. The summed E-state index contributed by atoms with van der Waals surface area (Å²) in [7, 11) is 0. The molecule has 0 saturated heterocycles. The van der Waals surface area contributed by atoms with Gasteiger partial charge in [-0.3, -0.25) is 0 Å². The molecule has 0 spiro atoms. The minimum atomic E-state index is -0.259. The molecule has 0 amide bonds. The van der Waals surface area contributed by atoms with Gasteiger partial charge in [-0.05, 0) is 30.7 Å². The molecule has 0 unspecified atom stereocenters. The molecule has 3 N–H and O–H groups in total. The van der Waals surface area contributed by atoms with Gasteiger partial charge in [-0.25, -0.2) is 14.4 Å². The Morgan fingerprint density at radius 1 is 1.35 bits per heavy atom. The molecule has 1 aromatic carbocycles. The van der Waals surface area contributed by atoms with Crippen molar-refractivity contribution in [3.05, 3.63) is 47.5 Å². The number of nitrogens with one attached hydrogen (secondary N) is 1. The molecular formula is C12H13FN4. The minimum absolute atomic E-state index is 0.259. The average molecular weight is 232 g/mol. The first-order chi connectivity index (χ1) is 8.19. The maximum atomic E-state index is 13.3. The third kappa shape index (κ3) is 2.76. The first-order valence-electron chi connectivity index (χ1n) is 5.24. The summed E-state index contributed by atoms with van der Waals surface area (Å²) in [5.41, 5.74) is 7.43. The van der Waals surface area contributed by atoms with E-state index in [1.165, 1.54) is 6.07 Å². The van der Waals surface area contributed by atoms with Gasteiger partial charge < -0.3 is 11.1 Å². The van der Waals surface area contributed by atoms with E-state index in [-0.39, 0.29) is 5.82 Å². The summed E-state index contributed by atoms with van der Waals surface area (Å²) in [6.45, 7) is 2.06. The van der Waals surface area contributed by atoms with Crippen LogP contribution in [0.5, 0.6) is 0 Å². The van der Waals surface area contributed by atoms with Crippen molar-refractivity contribution in [3.8, 4) is 0 Å². The number of hydrogen-bond acceptors (Lipinski definition) is 4. The van der Waals surface area contributed by atoms with Crippen LogP contribution in [-0.4, -0.2) is 9.97 Å². The molecule has 0 aliphatic carbocycles. The van der Waals surface area contributed by atoms with Crippen LogP contribution in [-0.2, 0) is 6.54 Å². The second-order valence-corrected chi connectivity index (χ2v) is 3.66. The van der Waals surface area contributed by atoms with Crippen LogP contribution in [0.4, 0.5) is 16.0 Å².